The first-order chi connectivity index (χ1) is 21.7. The van der Waals surface area contributed by atoms with E-state index in [1.807, 2.05) is 49.1 Å². The van der Waals surface area contributed by atoms with Crippen LogP contribution in [0.25, 0.3) is 0 Å². The molecule has 4 rings (SSSR count). The van der Waals surface area contributed by atoms with Gasteiger partial charge >= 0.3 is 6.09 Å². The van der Waals surface area contributed by atoms with Gasteiger partial charge in [-0.25, -0.2) is 4.79 Å². The maximum atomic E-state index is 13.3. The zero-order chi connectivity index (χ0) is 33.6. The summed E-state index contributed by atoms with van der Waals surface area (Å²) in [4.78, 5) is 65.7. The number of hydrogen-bond donors (Lipinski definition) is 5. The fourth-order valence-electron chi connectivity index (χ4n) is 6.53. The second-order valence-corrected chi connectivity index (χ2v) is 14.6. The summed E-state index contributed by atoms with van der Waals surface area (Å²) in [6.45, 7) is 5.22. The van der Waals surface area contributed by atoms with Crippen molar-refractivity contribution >= 4 is 39.7 Å². The lowest BCUT2D eigenvalue weighted by Crippen LogP contribution is -2.56. The summed E-state index contributed by atoms with van der Waals surface area (Å²) in [6.07, 6.45) is 2.21. The number of carbonyl (C=O) groups excluding carboxylic acids is 5. The Balaban J connectivity index is 1.29. The van der Waals surface area contributed by atoms with Gasteiger partial charge in [-0.05, 0) is 61.8 Å². The predicted octanol–water partition coefficient (Wildman–Crippen LogP) is 0.928. The van der Waals surface area contributed by atoms with Gasteiger partial charge in [-0.1, -0.05) is 44.2 Å². The van der Waals surface area contributed by atoms with E-state index in [0.717, 1.165) is 18.4 Å². The fourth-order valence-corrected chi connectivity index (χ4v) is 6.99. The number of Topliss-reactive ketones (excluding diaryl/α,β-unsaturated/α-hetero) is 1. The molecule has 1 aliphatic carbocycles. The van der Waals surface area contributed by atoms with Crippen LogP contribution in [0.1, 0.15) is 64.4 Å². The maximum absolute atomic E-state index is 13.3. The van der Waals surface area contributed by atoms with E-state index in [0.29, 0.717) is 45.3 Å². The van der Waals surface area contributed by atoms with E-state index in [2.05, 4.69) is 16.0 Å². The van der Waals surface area contributed by atoms with Crippen molar-refractivity contribution in [2.24, 2.45) is 17.3 Å². The van der Waals surface area contributed by atoms with Crippen LogP contribution in [0.5, 0.6) is 0 Å². The molecule has 1 unspecified atom stereocenters. The van der Waals surface area contributed by atoms with Crippen molar-refractivity contribution in [1.82, 2.24) is 20.9 Å². The largest absolute Gasteiger partial charge is 0.446 e. The van der Waals surface area contributed by atoms with Crippen molar-refractivity contribution in [2.75, 3.05) is 19.6 Å². The number of hydrogen-bond acceptors (Lipinski definition) is 9. The van der Waals surface area contributed by atoms with Gasteiger partial charge in [0.05, 0.1) is 12.5 Å². The minimum absolute atomic E-state index is 0.0167. The van der Waals surface area contributed by atoms with Gasteiger partial charge in [-0.3, -0.25) is 23.7 Å². The Morgan fingerprint density at radius 3 is 2.28 bits per heavy atom. The van der Waals surface area contributed by atoms with Crippen LogP contribution in [0.4, 0.5) is 4.79 Å². The number of rotatable bonds is 13. The first-order valence-electron chi connectivity index (χ1n) is 15.7. The Morgan fingerprint density at radius 2 is 1.72 bits per heavy atom. The third kappa shape index (κ3) is 9.26. The third-order valence-electron chi connectivity index (χ3n) is 9.15. The van der Waals surface area contributed by atoms with E-state index in [9.17, 15) is 42.0 Å². The molecule has 1 aromatic rings. The zero-order valence-electron chi connectivity index (χ0n) is 26.1. The first-order valence-corrected chi connectivity index (χ1v) is 17.2. The summed E-state index contributed by atoms with van der Waals surface area (Å²) in [5.41, 5.74) is -1.86. The number of ether oxygens (including phenoxy) is 1. The van der Waals surface area contributed by atoms with Crippen LogP contribution in [-0.4, -0.2) is 95.8 Å². The van der Waals surface area contributed by atoms with E-state index >= 15 is 0 Å². The molecule has 254 valence electrons. The predicted molar refractivity (Wildman–Crippen MR) is 165 cm³/mol. The van der Waals surface area contributed by atoms with Gasteiger partial charge in [-0.2, -0.15) is 8.42 Å². The third-order valence-corrected chi connectivity index (χ3v) is 9.95. The van der Waals surface area contributed by atoms with Crippen molar-refractivity contribution in [3.8, 4) is 0 Å². The second-order valence-electron chi connectivity index (χ2n) is 13.1. The highest BCUT2D eigenvalue weighted by Gasteiger charge is 2.48. The lowest BCUT2D eigenvalue weighted by atomic mass is 9.61. The average Bonchev–Trinajstić information content (AvgIpc) is 3.38. The zero-order valence-corrected chi connectivity index (χ0v) is 27.0. The fraction of sp³-hybridized carbons (Fsp3) is 0.645. The number of nitrogens with zero attached hydrogens (tertiary/aromatic N) is 1. The Hall–Kier alpha value is -3.56. The average molecular weight is 665 g/mol. The molecule has 2 saturated heterocycles. The summed E-state index contributed by atoms with van der Waals surface area (Å²) >= 11 is 0. The molecular formula is C31H44N4O10S. The monoisotopic (exact) mass is 664 g/mol. The Morgan fingerprint density at radius 1 is 1.07 bits per heavy atom. The molecule has 5 N–H and O–H groups in total. The van der Waals surface area contributed by atoms with Gasteiger partial charge in [0.25, 0.3) is 10.1 Å². The van der Waals surface area contributed by atoms with Crippen molar-refractivity contribution in [3.63, 3.8) is 0 Å². The summed E-state index contributed by atoms with van der Waals surface area (Å²) in [5.74, 6) is -3.35. The smallest absolute Gasteiger partial charge is 0.408 e. The van der Waals surface area contributed by atoms with Crippen molar-refractivity contribution in [2.45, 2.75) is 88.8 Å². The summed E-state index contributed by atoms with van der Waals surface area (Å²) in [5, 5.41) is 17.4. The molecule has 1 aromatic carbocycles. The number of carbonyl (C=O) groups is 5. The standard InChI is InChI=1S/C31H44N4O10S/c1-19(2)14-24(28(39)33-23(16-21-8-11-32-27(21)38)26(37)29(40)46(42,43)44)34-30(41)45-22-17-31(18-22)9-12-35(13-10-31)25(36)15-20-6-4-3-5-7-20/h3-7,19,21-24,29,40H,8-18H2,1-2H3,(H,32,38)(H,33,39)(H,34,41)(H,42,43,44)/t21-,23+,24+,29?/m1/s1. The van der Waals surface area contributed by atoms with E-state index < -0.39 is 57.2 Å². The molecule has 4 amide bonds. The molecule has 0 bridgehead atoms. The molecular weight excluding hydrogens is 620 g/mol. The number of nitrogens with one attached hydrogen (secondary N) is 3. The number of benzene rings is 1. The molecule has 14 nitrogen and oxygen atoms in total. The van der Waals surface area contributed by atoms with Crippen molar-refractivity contribution in [3.05, 3.63) is 35.9 Å². The minimum atomic E-state index is -5.19. The molecule has 46 heavy (non-hydrogen) atoms. The summed E-state index contributed by atoms with van der Waals surface area (Å²) in [6, 6.07) is 6.79. The van der Waals surface area contributed by atoms with E-state index in [4.69, 9.17) is 4.74 Å². The normalized spacial score (nSPS) is 21.5. The minimum Gasteiger partial charge on any atom is -0.446 e. The first kappa shape index (κ1) is 35.3. The van der Waals surface area contributed by atoms with E-state index in [-0.39, 0.29) is 36.2 Å². The second kappa shape index (κ2) is 14.9. The number of aliphatic hydroxyl groups excluding tert-OH is 1. The molecule has 2 heterocycles. The molecule has 0 aromatic heterocycles. The quantitative estimate of drug-likeness (QED) is 0.188. The maximum Gasteiger partial charge on any atom is 0.408 e. The van der Waals surface area contributed by atoms with Gasteiger partial charge in [0.2, 0.25) is 28.9 Å². The van der Waals surface area contributed by atoms with Gasteiger partial charge < -0.3 is 30.7 Å². The number of aliphatic hydroxyl groups is 1. The van der Waals surface area contributed by atoms with Crippen LogP contribution >= 0.6 is 0 Å². The topological polar surface area (TPSA) is 209 Å². The Kier molecular flexibility index (Phi) is 11.4. The van der Waals surface area contributed by atoms with Gasteiger partial charge in [0.1, 0.15) is 12.1 Å². The highest BCUT2D eigenvalue weighted by Crippen LogP contribution is 2.50. The molecule has 2 aliphatic heterocycles. The lowest BCUT2D eigenvalue weighted by Gasteiger charge is -2.51. The van der Waals surface area contributed by atoms with E-state index in [1.54, 1.807) is 0 Å². The van der Waals surface area contributed by atoms with Crippen LogP contribution in [0.2, 0.25) is 0 Å². The number of ketones is 1. The number of piperidine rings is 1. The highest BCUT2D eigenvalue weighted by atomic mass is 32.2. The highest BCUT2D eigenvalue weighted by molar-refractivity contribution is 7.87. The van der Waals surface area contributed by atoms with Gasteiger partial charge in [-0.15, -0.1) is 0 Å². The van der Waals surface area contributed by atoms with Crippen LogP contribution in [0.3, 0.4) is 0 Å². The van der Waals surface area contributed by atoms with Crippen molar-refractivity contribution < 1.29 is 46.8 Å². The molecule has 3 fully saturated rings. The van der Waals surface area contributed by atoms with Crippen molar-refractivity contribution in [1.29, 1.82) is 0 Å². The summed E-state index contributed by atoms with van der Waals surface area (Å²) in [7, 11) is -5.19. The van der Waals surface area contributed by atoms with Gasteiger partial charge in [0, 0.05) is 25.6 Å². The number of alkyl carbamates (subject to hydrolysis) is 1. The van der Waals surface area contributed by atoms with E-state index in [1.165, 1.54) is 0 Å². The number of amides is 4. The van der Waals surface area contributed by atoms with Crippen LogP contribution < -0.4 is 16.0 Å². The Labute approximate surface area is 268 Å². The molecule has 0 radical (unpaired) electrons. The van der Waals surface area contributed by atoms with Gasteiger partial charge in [0.15, 0.2) is 0 Å². The summed E-state index contributed by atoms with van der Waals surface area (Å²) < 4.78 is 37.7. The number of likely N-dealkylation sites (tertiary alicyclic amines) is 1. The molecule has 15 heteroatoms. The molecule has 1 spiro atoms. The van der Waals surface area contributed by atoms with Crippen LogP contribution in [-0.2, 0) is 40.5 Å². The molecule has 3 aliphatic rings. The molecule has 1 saturated carbocycles. The SMILES string of the molecule is CC(C)C[C@H](NC(=O)OC1CC2(CCN(C(=O)Cc3ccccc3)CC2)C1)C(=O)N[C@@H](C[C@H]1CCNC1=O)C(=O)C(O)S(=O)(=O)O. The molecule has 4 atom stereocenters. The lowest BCUT2D eigenvalue weighted by molar-refractivity contribution is -0.136. The van der Waals surface area contributed by atoms with Crippen LogP contribution in [0.15, 0.2) is 30.3 Å². The van der Waals surface area contributed by atoms with Crippen LogP contribution in [0, 0.1) is 17.3 Å². The Bertz CT molecular complexity index is 1390.